The molecule has 0 fully saturated rings. The maximum atomic E-state index is 6.40. The van der Waals surface area contributed by atoms with Crippen LogP contribution in [-0.4, -0.2) is 35.6 Å². The fourth-order valence-electron chi connectivity index (χ4n) is 3.41. The van der Waals surface area contributed by atoms with Gasteiger partial charge in [0.25, 0.3) is 0 Å². The van der Waals surface area contributed by atoms with Crippen LogP contribution in [0.4, 0.5) is 5.95 Å². The minimum Gasteiger partial charge on any atom is -0.493 e. The van der Waals surface area contributed by atoms with Crippen LogP contribution in [0.2, 0.25) is 5.02 Å². The van der Waals surface area contributed by atoms with Gasteiger partial charge < -0.3 is 19.5 Å². The number of hydrogen-bond acceptors (Lipinski definition) is 6. The molecule has 1 aliphatic rings. The molecule has 1 N–H and O–H groups in total. The van der Waals surface area contributed by atoms with Crippen LogP contribution in [0.1, 0.15) is 24.1 Å². The second kappa shape index (κ2) is 8.05. The van der Waals surface area contributed by atoms with Gasteiger partial charge in [0.2, 0.25) is 5.95 Å². The minimum absolute atomic E-state index is 0.237. The average Bonchev–Trinajstić information content (AvgIpc) is 3.22. The number of rotatable bonds is 6. The molecular formula is C21H21ClN4O3. The number of allylic oxidation sites excluding steroid dienone is 1. The number of nitrogens with zero attached hydrogens (tertiary/aromatic N) is 3. The fraction of sp³-hybridized carbons (Fsp3) is 0.238. The average molecular weight is 413 g/mol. The monoisotopic (exact) mass is 412 g/mol. The summed E-state index contributed by atoms with van der Waals surface area (Å²) in [5.74, 6) is 2.60. The topological polar surface area (TPSA) is 70.4 Å². The van der Waals surface area contributed by atoms with Crippen molar-refractivity contribution < 1.29 is 14.2 Å². The standard InChI is InChI=1S/C21H21ClN4O3/c1-4-29-18-9-8-13(10-15(18)22)16-11-17(26-21(25-16)23-12-24-26)14-6-5-7-19(27-2)20(14)28-3/h5-12,17H,4H2,1-3H3,(H,23,24,25). The molecule has 0 aliphatic carbocycles. The van der Waals surface area contributed by atoms with Crippen molar-refractivity contribution >= 4 is 23.2 Å². The first kappa shape index (κ1) is 19.1. The molecule has 1 atom stereocenters. The van der Waals surface area contributed by atoms with Crippen LogP contribution in [0, 0.1) is 0 Å². The normalized spacial score (nSPS) is 15.2. The van der Waals surface area contributed by atoms with E-state index in [9.17, 15) is 0 Å². The summed E-state index contributed by atoms with van der Waals surface area (Å²) in [6.07, 6.45) is 3.58. The van der Waals surface area contributed by atoms with Crippen LogP contribution in [-0.2, 0) is 0 Å². The molecule has 0 spiro atoms. The van der Waals surface area contributed by atoms with Crippen molar-refractivity contribution in [3.8, 4) is 17.2 Å². The highest BCUT2D eigenvalue weighted by atomic mass is 35.5. The van der Waals surface area contributed by atoms with E-state index in [1.807, 2.05) is 43.3 Å². The molecule has 1 unspecified atom stereocenters. The molecule has 7 nitrogen and oxygen atoms in total. The van der Waals surface area contributed by atoms with Crippen molar-refractivity contribution in [3.63, 3.8) is 0 Å². The Kier molecular flexibility index (Phi) is 5.31. The summed E-state index contributed by atoms with van der Waals surface area (Å²) in [6.45, 7) is 2.48. The highest BCUT2D eigenvalue weighted by Gasteiger charge is 2.27. The molecule has 1 aliphatic heterocycles. The van der Waals surface area contributed by atoms with Crippen molar-refractivity contribution in [3.05, 3.63) is 65.0 Å². The van der Waals surface area contributed by atoms with Crippen molar-refractivity contribution in [2.24, 2.45) is 0 Å². The molecule has 0 radical (unpaired) electrons. The quantitative estimate of drug-likeness (QED) is 0.647. The highest BCUT2D eigenvalue weighted by Crippen LogP contribution is 2.40. The molecule has 0 amide bonds. The van der Waals surface area contributed by atoms with Gasteiger partial charge in [0.15, 0.2) is 11.5 Å². The van der Waals surface area contributed by atoms with Gasteiger partial charge in [-0.2, -0.15) is 10.1 Å². The number of methoxy groups -OCH3 is 2. The molecule has 2 heterocycles. The van der Waals surface area contributed by atoms with E-state index in [1.54, 1.807) is 18.9 Å². The summed E-state index contributed by atoms with van der Waals surface area (Å²) in [4.78, 5) is 4.35. The third-order valence-corrected chi connectivity index (χ3v) is 5.00. The zero-order valence-corrected chi connectivity index (χ0v) is 17.1. The molecule has 0 saturated carbocycles. The fourth-order valence-corrected chi connectivity index (χ4v) is 3.64. The molecule has 0 bridgehead atoms. The summed E-state index contributed by atoms with van der Waals surface area (Å²) in [5, 5.41) is 8.25. The van der Waals surface area contributed by atoms with Gasteiger partial charge in [-0.25, -0.2) is 4.68 Å². The molecule has 2 aromatic carbocycles. The van der Waals surface area contributed by atoms with Gasteiger partial charge in [0.1, 0.15) is 18.1 Å². The van der Waals surface area contributed by atoms with Crippen LogP contribution in [0.25, 0.3) is 5.70 Å². The maximum Gasteiger partial charge on any atom is 0.226 e. The number of aromatic nitrogens is 3. The number of benzene rings is 2. The zero-order chi connectivity index (χ0) is 20.4. The maximum absolute atomic E-state index is 6.40. The Morgan fingerprint density at radius 1 is 1.14 bits per heavy atom. The van der Waals surface area contributed by atoms with Crippen molar-refractivity contribution in [1.82, 2.24) is 14.8 Å². The number of ether oxygens (including phenoxy) is 3. The van der Waals surface area contributed by atoms with Gasteiger partial charge in [0, 0.05) is 11.3 Å². The van der Waals surface area contributed by atoms with Crippen LogP contribution >= 0.6 is 11.6 Å². The lowest BCUT2D eigenvalue weighted by Gasteiger charge is -2.26. The number of nitrogens with one attached hydrogen (secondary N) is 1. The summed E-state index contributed by atoms with van der Waals surface area (Å²) in [6, 6.07) is 11.2. The zero-order valence-electron chi connectivity index (χ0n) is 16.3. The first-order valence-corrected chi connectivity index (χ1v) is 9.56. The molecule has 4 rings (SSSR count). The molecule has 150 valence electrons. The van der Waals surface area contributed by atoms with Crippen LogP contribution in [0.5, 0.6) is 17.2 Å². The minimum atomic E-state index is -0.237. The van der Waals surface area contributed by atoms with Gasteiger partial charge in [-0.15, -0.1) is 0 Å². The van der Waals surface area contributed by atoms with Gasteiger partial charge in [-0.05, 0) is 42.8 Å². The largest absolute Gasteiger partial charge is 0.493 e. The highest BCUT2D eigenvalue weighted by molar-refractivity contribution is 6.32. The Balaban J connectivity index is 1.81. The third kappa shape index (κ3) is 3.49. The Morgan fingerprint density at radius 2 is 2.00 bits per heavy atom. The number of fused-ring (bicyclic) bond motifs is 1. The van der Waals surface area contributed by atoms with Crippen LogP contribution in [0.3, 0.4) is 0 Å². The number of anilines is 1. The van der Waals surface area contributed by atoms with E-state index in [4.69, 9.17) is 25.8 Å². The SMILES string of the molecule is CCOc1ccc(C2=CC(c3cccc(OC)c3OC)n3ncnc3N2)cc1Cl. The third-order valence-electron chi connectivity index (χ3n) is 4.70. The Bertz CT molecular complexity index is 1060. The number of hydrogen-bond donors (Lipinski definition) is 1. The molecule has 8 heteroatoms. The Morgan fingerprint density at radius 3 is 2.72 bits per heavy atom. The first-order chi connectivity index (χ1) is 14.2. The lowest BCUT2D eigenvalue weighted by molar-refractivity contribution is 0.340. The number of para-hydroxylation sites is 1. The molecule has 3 aromatic rings. The lowest BCUT2D eigenvalue weighted by Crippen LogP contribution is -2.20. The number of halogens is 1. The van der Waals surface area contributed by atoms with Crippen LogP contribution < -0.4 is 19.5 Å². The lowest BCUT2D eigenvalue weighted by atomic mass is 10.0. The summed E-state index contributed by atoms with van der Waals surface area (Å²) in [5.41, 5.74) is 2.69. The van der Waals surface area contributed by atoms with E-state index in [2.05, 4.69) is 21.5 Å². The summed E-state index contributed by atoms with van der Waals surface area (Å²) < 4.78 is 18.4. The van der Waals surface area contributed by atoms with E-state index < -0.39 is 0 Å². The van der Waals surface area contributed by atoms with E-state index in [1.165, 1.54) is 6.33 Å². The predicted octanol–water partition coefficient (Wildman–Crippen LogP) is 4.40. The molecule has 29 heavy (non-hydrogen) atoms. The summed E-state index contributed by atoms with van der Waals surface area (Å²) >= 11 is 6.40. The second-order valence-corrected chi connectivity index (χ2v) is 6.75. The van der Waals surface area contributed by atoms with E-state index in [0.717, 1.165) is 16.8 Å². The van der Waals surface area contributed by atoms with Gasteiger partial charge >= 0.3 is 0 Å². The van der Waals surface area contributed by atoms with E-state index in [0.29, 0.717) is 34.8 Å². The predicted molar refractivity (Wildman–Crippen MR) is 112 cm³/mol. The molecular weight excluding hydrogens is 392 g/mol. The second-order valence-electron chi connectivity index (χ2n) is 6.34. The first-order valence-electron chi connectivity index (χ1n) is 9.18. The summed E-state index contributed by atoms with van der Waals surface area (Å²) in [7, 11) is 3.25. The van der Waals surface area contributed by atoms with Gasteiger partial charge in [-0.1, -0.05) is 23.7 Å². The van der Waals surface area contributed by atoms with Crippen LogP contribution in [0.15, 0.2) is 48.8 Å². The van der Waals surface area contributed by atoms with Crippen molar-refractivity contribution in [1.29, 1.82) is 0 Å². The van der Waals surface area contributed by atoms with Crippen molar-refractivity contribution in [2.75, 3.05) is 26.1 Å². The van der Waals surface area contributed by atoms with Gasteiger partial charge in [0.05, 0.1) is 25.8 Å². The Hall–Kier alpha value is -3.19. The van der Waals surface area contributed by atoms with Gasteiger partial charge in [-0.3, -0.25) is 0 Å². The van der Waals surface area contributed by atoms with Crippen molar-refractivity contribution in [2.45, 2.75) is 13.0 Å². The Labute approximate surface area is 173 Å². The smallest absolute Gasteiger partial charge is 0.226 e. The molecule has 0 saturated heterocycles. The molecule has 1 aromatic heterocycles. The van der Waals surface area contributed by atoms with E-state index >= 15 is 0 Å². The van der Waals surface area contributed by atoms with E-state index in [-0.39, 0.29) is 6.04 Å².